The average Bonchev–Trinajstić information content (AvgIpc) is 1.80. The van der Waals surface area contributed by atoms with Gasteiger partial charge in [0.1, 0.15) is 5.84 Å². The summed E-state index contributed by atoms with van der Waals surface area (Å²) in [5.41, 5.74) is 7.15. The minimum Gasteiger partial charge on any atom is -0.386 e. The predicted octanol–water partition coefficient (Wildman–Crippen LogP) is 0.441. The van der Waals surface area contributed by atoms with Gasteiger partial charge in [-0.25, -0.2) is 5.43 Å². The smallest absolute Gasteiger partial charge is 0.245 e. The molecular weight excluding hydrogens is 142 g/mol. The maximum absolute atomic E-state index is 11.1. The first-order valence-electron chi connectivity index (χ1n) is 3.44. The molecule has 0 aliphatic carbocycles. The third-order valence-corrected chi connectivity index (χ3v) is 1.01. The fraction of sp³-hybridized carbons (Fsp3) is 0.714. The molecule has 0 saturated carbocycles. The van der Waals surface area contributed by atoms with Gasteiger partial charge in [0.05, 0.1) is 0 Å². The highest BCUT2D eigenvalue weighted by Crippen LogP contribution is 2.11. The molecule has 0 unspecified atom stereocenters. The summed E-state index contributed by atoms with van der Waals surface area (Å²) in [5, 5.41) is 3.59. The summed E-state index contributed by atoms with van der Waals surface area (Å²) in [6.07, 6.45) is 0. The Morgan fingerprint density at radius 1 is 1.45 bits per heavy atom. The number of carbonyl (C=O) groups is 1. The van der Waals surface area contributed by atoms with Gasteiger partial charge < -0.3 is 5.73 Å². The largest absolute Gasteiger partial charge is 0.386 e. The Morgan fingerprint density at radius 3 is 2.18 bits per heavy atom. The minimum absolute atomic E-state index is 0.137. The third-order valence-electron chi connectivity index (χ3n) is 1.01. The molecular formula is C7H15N3O. The van der Waals surface area contributed by atoms with Crippen LogP contribution in [0, 0.1) is 5.41 Å². The molecule has 0 aliphatic rings. The summed E-state index contributed by atoms with van der Waals surface area (Å²) in [6, 6.07) is 0. The Labute approximate surface area is 66.8 Å². The van der Waals surface area contributed by atoms with Crippen LogP contribution >= 0.6 is 0 Å². The lowest BCUT2D eigenvalue weighted by Gasteiger charge is -2.14. The van der Waals surface area contributed by atoms with Gasteiger partial charge in [-0.05, 0) is 6.92 Å². The van der Waals surface area contributed by atoms with Gasteiger partial charge in [0.15, 0.2) is 0 Å². The zero-order valence-electron chi connectivity index (χ0n) is 7.43. The lowest BCUT2D eigenvalue weighted by molar-refractivity contribution is -0.128. The van der Waals surface area contributed by atoms with Crippen LogP contribution in [0.3, 0.4) is 0 Å². The molecule has 0 aromatic heterocycles. The number of nitrogens with two attached hydrogens (primary N) is 1. The summed E-state index contributed by atoms with van der Waals surface area (Å²) in [7, 11) is 0. The van der Waals surface area contributed by atoms with Crippen LogP contribution in [0.1, 0.15) is 27.7 Å². The minimum atomic E-state index is -0.418. The van der Waals surface area contributed by atoms with Crippen molar-refractivity contribution in [2.24, 2.45) is 16.3 Å². The van der Waals surface area contributed by atoms with Crippen LogP contribution in [0.5, 0.6) is 0 Å². The Balaban J connectivity index is 4.01. The molecule has 0 fully saturated rings. The molecule has 0 radical (unpaired) electrons. The molecule has 0 rings (SSSR count). The molecule has 1 amide bonds. The Kier molecular flexibility index (Phi) is 3.04. The Hall–Kier alpha value is -1.06. The number of carbonyl (C=O) groups excluding carboxylic acids is 1. The molecule has 4 heteroatoms. The molecule has 0 aromatic rings. The molecule has 0 heterocycles. The van der Waals surface area contributed by atoms with Gasteiger partial charge in [0.25, 0.3) is 0 Å². The van der Waals surface area contributed by atoms with Crippen molar-refractivity contribution in [2.75, 3.05) is 0 Å². The Bertz CT molecular complexity index is 175. The maximum atomic E-state index is 11.1. The molecule has 0 atom stereocenters. The van der Waals surface area contributed by atoms with Gasteiger partial charge in [-0.3, -0.25) is 4.79 Å². The number of rotatable bonds is 1. The number of nitrogens with one attached hydrogen (secondary N) is 1. The molecule has 0 aliphatic heterocycles. The summed E-state index contributed by atoms with van der Waals surface area (Å²) >= 11 is 0. The first-order valence-corrected chi connectivity index (χ1v) is 3.44. The monoisotopic (exact) mass is 157 g/mol. The van der Waals surface area contributed by atoms with Crippen molar-refractivity contribution in [3.05, 3.63) is 0 Å². The van der Waals surface area contributed by atoms with E-state index in [1.807, 2.05) is 20.8 Å². The van der Waals surface area contributed by atoms with E-state index >= 15 is 0 Å². The zero-order chi connectivity index (χ0) is 9.07. The molecule has 0 saturated heterocycles. The summed E-state index contributed by atoms with van der Waals surface area (Å²) in [4.78, 5) is 11.1. The fourth-order valence-electron chi connectivity index (χ4n) is 0.307. The number of hydrogen-bond donors (Lipinski definition) is 2. The van der Waals surface area contributed by atoms with Crippen molar-refractivity contribution in [3.8, 4) is 0 Å². The van der Waals surface area contributed by atoms with Crippen LogP contribution in [0.2, 0.25) is 0 Å². The molecule has 0 bridgehead atoms. The van der Waals surface area contributed by atoms with E-state index in [1.165, 1.54) is 0 Å². The van der Waals surface area contributed by atoms with Crippen LogP contribution in [0.25, 0.3) is 0 Å². The second-order valence-corrected chi connectivity index (χ2v) is 3.44. The standard InChI is InChI=1S/C7H15N3O/c1-5(8)9-10-6(11)7(2,3)4/h1-4H3,(H2,8,9)(H,10,11). The lowest BCUT2D eigenvalue weighted by atomic mass is 9.96. The average molecular weight is 157 g/mol. The lowest BCUT2D eigenvalue weighted by Crippen LogP contribution is -2.32. The highest BCUT2D eigenvalue weighted by molar-refractivity contribution is 5.84. The van der Waals surface area contributed by atoms with Crippen molar-refractivity contribution in [1.82, 2.24) is 5.43 Å². The van der Waals surface area contributed by atoms with Gasteiger partial charge >= 0.3 is 0 Å². The quantitative estimate of drug-likeness (QED) is 0.329. The molecule has 11 heavy (non-hydrogen) atoms. The number of amidine groups is 1. The number of hydrazone groups is 1. The molecule has 0 aromatic carbocycles. The van der Waals surface area contributed by atoms with Crippen molar-refractivity contribution in [2.45, 2.75) is 27.7 Å². The van der Waals surface area contributed by atoms with E-state index < -0.39 is 5.41 Å². The van der Waals surface area contributed by atoms with E-state index in [4.69, 9.17) is 5.73 Å². The topological polar surface area (TPSA) is 67.5 Å². The molecule has 3 N–H and O–H groups in total. The van der Waals surface area contributed by atoms with E-state index in [0.717, 1.165) is 0 Å². The first kappa shape index (κ1) is 9.94. The van der Waals surface area contributed by atoms with Gasteiger partial charge in [-0.1, -0.05) is 20.8 Å². The SMILES string of the molecule is C/C(N)=N/NC(=O)C(C)(C)C. The zero-order valence-corrected chi connectivity index (χ0v) is 7.43. The first-order chi connectivity index (χ1) is 4.84. The highest BCUT2D eigenvalue weighted by atomic mass is 16.2. The number of amides is 1. The predicted molar refractivity (Wildman–Crippen MR) is 44.9 cm³/mol. The van der Waals surface area contributed by atoms with Crippen LogP contribution < -0.4 is 11.2 Å². The number of hydrogen-bond acceptors (Lipinski definition) is 2. The van der Waals surface area contributed by atoms with Crippen LogP contribution in [0.15, 0.2) is 5.10 Å². The molecule has 4 nitrogen and oxygen atoms in total. The van der Waals surface area contributed by atoms with Gasteiger partial charge in [0, 0.05) is 5.41 Å². The second kappa shape index (κ2) is 3.37. The summed E-state index contributed by atoms with van der Waals surface area (Å²) in [6.45, 7) is 7.04. The Morgan fingerprint density at radius 2 is 1.91 bits per heavy atom. The fourth-order valence-corrected chi connectivity index (χ4v) is 0.307. The van der Waals surface area contributed by atoms with E-state index in [-0.39, 0.29) is 5.91 Å². The number of nitrogens with zero attached hydrogens (tertiary/aromatic N) is 1. The van der Waals surface area contributed by atoms with E-state index in [2.05, 4.69) is 10.5 Å². The van der Waals surface area contributed by atoms with E-state index in [0.29, 0.717) is 5.84 Å². The molecule has 64 valence electrons. The van der Waals surface area contributed by atoms with Gasteiger partial charge in [-0.15, -0.1) is 0 Å². The normalized spacial score (nSPS) is 12.9. The second-order valence-electron chi connectivity index (χ2n) is 3.44. The van der Waals surface area contributed by atoms with Crippen molar-refractivity contribution >= 4 is 11.7 Å². The highest BCUT2D eigenvalue weighted by Gasteiger charge is 2.20. The van der Waals surface area contributed by atoms with Crippen LogP contribution in [-0.2, 0) is 4.79 Å². The summed E-state index contributed by atoms with van der Waals surface area (Å²) in [5.74, 6) is 0.213. The van der Waals surface area contributed by atoms with E-state index in [9.17, 15) is 4.79 Å². The van der Waals surface area contributed by atoms with Gasteiger partial charge in [0.2, 0.25) is 5.91 Å². The maximum Gasteiger partial charge on any atom is 0.245 e. The van der Waals surface area contributed by atoms with Crippen molar-refractivity contribution < 1.29 is 4.79 Å². The molecule has 0 spiro atoms. The van der Waals surface area contributed by atoms with E-state index in [1.54, 1.807) is 6.92 Å². The van der Waals surface area contributed by atoms with Crippen LogP contribution in [0.4, 0.5) is 0 Å². The van der Waals surface area contributed by atoms with Gasteiger partial charge in [-0.2, -0.15) is 5.10 Å². The third kappa shape index (κ3) is 4.36. The summed E-state index contributed by atoms with van der Waals surface area (Å²) < 4.78 is 0. The van der Waals surface area contributed by atoms with Crippen LogP contribution in [-0.4, -0.2) is 11.7 Å². The van der Waals surface area contributed by atoms with Crippen molar-refractivity contribution in [3.63, 3.8) is 0 Å². The van der Waals surface area contributed by atoms with Crippen molar-refractivity contribution in [1.29, 1.82) is 0 Å².